The van der Waals surface area contributed by atoms with Crippen LogP contribution in [-0.2, 0) is 7.05 Å². The second-order valence-corrected chi connectivity index (χ2v) is 3.55. The fourth-order valence-electron chi connectivity index (χ4n) is 1.29. The van der Waals surface area contributed by atoms with Crippen LogP contribution >= 0.6 is 0 Å². The highest BCUT2D eigenvalue weighted by Gasteiger charge is 2.05. The van der Waals surface area contributed by atoms with E-state index in [2.05, 4.69) is 20.7 Å². The Hall–Kier alpha value is -2.70. The molecule has 2 rings (SSSR count). The van der Waals surface area contributed by atoms with Gasteiger partial charge in [0.25, 0.3) is 11.5 Å². The molecule has 0 aliphatic carbocycles. The molecule has 0 unspecified atom stereocenters. The van der Waals surface area contributed by atoms with Crippen LogP contribution in [0.15, 0.2) is 40.4 Å². The molecule has 2 aromatic heterocycles. The zero-order valence-electron chi connectivity index (χ0n) is 9.62. The first kappa shape index (κ1) is 11.8. The molecule has 7 heteroatoms. The van der Waals surface area contributed by atoms with E-state index in [-0.39, 0.29) is 11.3 Å². The first-order valence-electron chi connectivity index (χ1n) is 5.17. The molecule has 0 saturated heterocycles. The number of carbonyl (C=O) groups excluding carboxylic acids is 1. The number of aromatic nitrogens is 3. The molecule has 0 spiro atoms. The van der Waals surface area contributed by atoms with E-state index in [1.54, 1.807) is 0 Å². The summed E-state index contributed by atoms with van der Waals surface area (Å²) in [5.74, 6) is -0.489. The third-order valence-corrected chi connectivity index (χ3v) is 2.26. The quantitative estimate of drug-likeness (QED) is 0.583. The second-order valence-electron chi connectivity index (χ2n) is 3.55. The van der Waals surface area contributed by atoms with E-state index in [4.69, 9.17) is 0 Å². The molecule has 0 bridgehead atoms. The van der Waals surface area contributed by atoms with Crippen molar-refractivity contribution in [3.63, 3.8) is 0 Å². The van der Waals surface area contributed by atoms with Gasteiger partial charge in [-0.05, 0) is 18.2 Å². The monoisotopic (exact) mass is 245 g/mol. The van der Waals surface area contributed by atoms with Crippen LogP contribution in [0.1, 0.15) is 16.2 Å². The highest BCUT2D eigenvalue weighted by molar-refractivity contribution is 5.92. The molecule has 0 aromatic carbocycles. The van der Waals surface area contributed by atoms with Crippen LogP contribution in [0, 0.1) is 0 Å². The van der Waals surface area contributed by atoms with Crippen molar-refractivity contribution in [2.45, 2.75) is 0 Å². The van der Waals surface area contributed by atoms with E-state index >= 15 is 0 Å². The van der Waals surface area contributed by atoms with E-state index in [1.165, 1.54) is 18.3 Å². The lowest BCUT2D eigenvalue weighted by Crippen LogP contribution is -2.21. The minimum atomic E-state index is -0.489. The van der Waals surface area contributed by atoms with Crippen molar-refractivity contribution >= 4 is 12.1 Å². The first-order valence-corrected chi connectivity index (χ1v) is 5.17. The average Bonchev–Trinajstić information content (AvgIpc) is 2.76. The van der Waals surface area contributed by atoms with Gasteiger partial charge < -0.3 is 4.57 Å². The average molecular weight is 245 g/mol. The van der Waals surface area contributed by atoms with Gasteiger partial charge in [0, 0.05) is 19.3 Å². The third-order valence-electron chi connectivity index (χ3n) is 2.26. The van der Waals surface area contributed by atoms with E-state index in [0.717, 1.165) is 5.69 Å². The Morgan fingerprint density at radius 1 is 1.50 bits per heavy atom. The predicted molar refractivity (Wildman–Crippen MR) is 65.3 cm³/mol. The standard InChI is InChI=1S/C11H11N5O2/c1-16-6-2-3-8(16)7-12-15-11(18)9-4-5-10(17)14-13-9/h2-7H,1H3,(H,14,17)(H,15,18)/b12-7-. The Morgan fingerprint density at radius 2 is 2.33 bits per heavy atom. The van der Waals surface area contributed by atoms with Gasteiger partial charge in [0.05, 0.1) is 11.9 Å². The van der Waals surface area contributed by atoms with Crippen LogP contribution in [0.5, 0.6) is 0 Å². The van der Waals surface area contributed by atoms with Crippen LogP contribution in [0.2, 0.25) is 0 Å². The largest absolute Gasteiger partial charge is 0.350 e. The summed E-state index contributed by atoms with van der Waals surface area (Å²) in [6, 6.07) is 6.27. The van der Waals surface area contributed by atoms with Gasteiger partial charge in [-0.2, -0.15) is 10.2 Å². The van der Waals surface area contributed by atoms with Crippen molar-refractivity contribution in [1.29, 1.82) is 0 Å². The summed E-state index contributed by atoms with van der Waals surface area (Å²) < 4.78 is 1.86. The summed E-state index contributed by atoms with van der Waals surface area (Å²) in [5.41, 5.74) is 2.90. The minimum Gasteiger partial charge on any atom is -0.350 e. The van der Waals surface area contributed by atoms with Gasteiger partial charge in [0.2, 0.25) is 0 Å². The van der Waals surface area contributed by atoms with Crippen LogP contribution in [0.3, 0.4) is 0 Å². The number of nitrogens with one attached hydrogen (secondary N) is 2. The Labute approximate surface area is 102 Å². The lowest BCUT2D eigenvalue weighted by Gasteiger charge is -1.98. The molecule has 7 nitrogen and oxygen atoms in total. The molecule has 0 fully saturated rings. The van der Waals surface area contributed by atoms with Gasteiger partial charge in [-0.1, -0.05) is 0 Å². The van der Waals surface area contributed by atoms with Crippen molar-refractivity contribution < 1.29 is 4.79 Å². The molecule has 92 valence electrons. The number of amides is 1. The highest BCUT2D eigenvalue weighted by Crippen LogP contribution is 1.95. The maximum Gasteiger partial charge on any atom is 0.291 e. The molecule has 0 aliphatic rings. The van der Waals surface area contributed by atoms with Gasteiger partial charge in [-0.3, -0.25) is 9.59 Å². The van der Waals surface area contributed by atoms with Gasteiger partial charge >= 0.3 is 0 Å². The highest BCUT2D eigenvalue weighted by atomic mass is 16.2. The Kier molecular flexibility index (Phi) is 3.33. The molecular weight excluding hydrogens is 234 g/mol. The lowest BCUT2D eigenvalue weighted by molar-refractivity contribution is 0.0949. The molecule has 0 radical (unpaired) electrons. The number of hydrazone groups is 1. The number of hydrogen-bond donors (Lipinski definition) is 2. The second kappa shape index (κ2) is 5.09. The van der Waals surface area contributed by atoms with Gasteiger partial charge in [0.1, 0.15) is 0 Å². The van der Waals surface area contributed by atoms with Crippen molar-refractivity contribution in [1.82, 2.24) is 20.2 Å². The van der Waals surface area contributed by atoms with Crippen molar-refractivity contribution in [2.24, 2.45) is 12.1 Å². The van der Waals surface area contributed by atoms with Crippen LogP contribution < -0.4 is 11.0 Å². The number of nitrogens with zero attached hydrogens (tertiary/aromatic N) is 3. The van der Waals surface area contributed by atoms with Gasteiger partial charge in [-0.15, -0.1) is 0 Å². The van der Waals surface area contributed by atoms with Crippen molar-refractivity contribution in [3.8, 4) is 0 Å². The summed E-state index contributed by atoms with van der Waals surface area (Å²) >= 11 is 0. The molecule has 2 heterocycles. The van der Waals surface area contributed by atoms with E-state index in [0.29, 0.717) is 0 Å². The lowest BCUT2D eigenvalue weighted by atomic mass is 10.4. The maximum absolute atomic E-state index is 11.6. The Balaban J connectivity index is 2.00. The molecular formula is C11H11N5O2. The van der Waals surface area contributed by atoms with Gasteiger partial charge in [-0.25, -0.2) is 10.5 Å². The van der Waals surface area contributed by atoms with Crippen LogP contribution in [0.4, 0.5) is 0 Å². The number of rotatable bonds is 3. The van der Waals surface area contributed by atoms with Crippen LogP contribution in [-0.4, -0.2) is 26.9 Å². The fraction of sp³-hybridized carbons (Fsp3) is 0.0909. The maximum atomic E-state index is 11.6. The van der Waals surface area contributed by atoms with Crippen LogP contribution in [0.25, 0.3) is 0 Å². The first-order chi connectivity index (χ1) is 8.66. The van der Waals surface area contributed by atoms with Crippen molar-refractivity contribution in [2.75, 3.05) is 0 Å². The minimum absolute atomic E-state index is 0.0960. The van der Waals surface area contributed by atoms with Gasteiger partial charge in [0.15, 0.2) is 5.69 Å². The molecule has 2 N–H and O–H groups in total. The van der Waals surface area contributed by atoms with E-state index < -0.39 is 5.91 Å². The topological polar surface area (TPSA) is 92.1 Å². The summed E-state index contributed by atoms with van der Waals surface area (Å²) in [6.07, 6.45) is 3.39. The SMILES string of the molecule is Cn1cccc1/C=N\NC(=O)c1ccc(=O)[nH]n1. The molecule has 2 aromatic rings. The summed E-state index contributed by atoms with van der Waals surface area (Å²) in [4.78, 5) is 22.3. The summed E-state index contributed by atoms with van der Waals surface area (Å²) in [6.45, 7) is 0. The number of aromatic amines is 1. The normalized spacial score (nSPS) is 10.7. The molecule has 0 aliphatic heterocycles. The van der Waals surface area contributed by atoms with E-state index in [9.17, 15) is 9.59 Å². The van der Waals surface area contributed by atoms with E-state index in [1.807, 2.05) is 29.9 Å². The fourth-order valence-corrected chi connectivity index (χ4v) is 1.29. The molecule has 18 heavy (non-hydrogen) atoms. The molecule has 0 atom stereocenters. The number of H-pyrrole nitrogens is 1. The summed E-state index contributed by atoms with van der Waals surface area (Å²) in [5, 5.41) is 9.55. The smallest absolute Gasteiger partial charge is 0.291 e. The third kappa shape index (κ3) is 2.70. The zero-order valence-corrected chi connectivity index (χ0v) is 9.62. The number of aryl methyl sites for hydroxylation is 1. The summed E-state index contributed by atoms with van der Waals surface area (Å²) in [7, 11) is 1.87. The Bertz CT molecular complexity index is 620. The Morgan fingerprint density at radius 3 is 2.94 bits per heavy atom. The predicted octanol–water partition coefficient (Wildman–Crippen LogP) is -0.128. The number of hydrogen-bond acceptors (Lipinski definition) is 4. The molecule has 1 amide bonds. The number of carbonyl (C=O) groups is 1. The molecule has 0 saturated carbocycles. The van der Waals surface area contributed by atoms with Crippen molar-refractivity contribution in [3.05, 3.63) is 52.2 Å². The zero-order chi connectivity index (χ0) is 13.0.